The summed E-state index contributed by atoms with van der Waals surface area (Å²) in [7, 11) is 0. The fraction of sp³-hybridized carbons (Fsp3) is 0.167. The lowest BCUT2D eigenvalue weighted by molar-refractivity contribution is -0.113. The zero-order chi connectivity index (χ0) is 18.5. The average molecular weight is 392 g/mol. The van der Waals surface area contributed by atoms with E-state index in [2.05, 4.69) is 15.3 Å². The molecule has 0 aliphatic carbocycles. The van der Waals surface area contributed by atoms with Crippen LogP contribution < -0.4 is 5.32 Å². The van der Waals surface area contributed by atoms with Crippen LogP contribution in [0.15, 0.2) is 47.0 Å². The Hall–Kier alpha value is -2.38. The number of amides is 1. The minimum absolute atomic E-state index is 0.184. The van der Waals surface area contributed by atoms with Crippen LogP contribution in [-0.4, -0.2) is 21.6 Å². The smallest absolute Gasteiger partial charge is 0.234 e. The highest BCUT2D eigenvalue weighted by Gasteiger charge is 2.13. The highest BCUT2D eigenvalue weighted by molar-refractivity contribution is 7.99. The van der Waals surface area contributed by atoms with Crippen molar-refractivity contribution in [2.75, 3.05) is 11.1 Å². The minimum Gasteiger partial charge on any atom is -0.441 e. The van der Waals surface area contributed by atoms with E-state index in [0.717, 1.165) is 5.69 Å². The quantitative estimate of drug-likeness (QED) is 0.616. The molecule has 1 aromatic carbocycles. The molecule has 0 spiro atoms. The third-order valence-electron chi connectivity index (χ3n) is 3.47. The molecule has 0 aliphatic rings. The number of pyridine rings is 1. The summed E-state index contributed by atoms with van der Waals surface area (Å²) in [5.41, 5.74) is 1.78. The van der Waals surface area contributed by atoms with Gasteiger partial charge in [0.15, 0.2) is 5.15 Å². The number of halogens is 2. The van der Waals surface area contributed by atoms with Gasteiger partial charge >= 0.3 is 0 Å². The Labute approximate surface area is 159 Å². The van der Waals surface area contributed by atoms with Crippen LogP contribution in [0.25, 0.3) is 11.5 Å². The third-order valence-corrected chi connectivity index (χ3v) is 4.71. The van der Waals surface area contributed by atoms with E-state index in [1.807, 2.05) is 0 Å². The predicted octanol–water partition coefficient (Wildman–Crippen LogP) is 4.71. The number of carbonyl (C=O) groups excluding carboxylic acids is 1. The van der Waals surface area contributed by atoms with Crippen LogP contribution in [0.1, 0.15) is 11.5 Å². The zero-order valence-corrected chi connectivity index (χ0v) is 15.4. The summed E-state index contributed by atoms with van der Waals surface area (Å²) < 4.78 is 18.9. The summed E-state index contributed by atoms with van der Waals surface area (Å²) in [6.45, 7) is 1.79. The number of hydrogen-bond acceptors (Lipinski definition) is 5. The van der Waals surface area contributed by atoms with E-state index in [1.54, 1.807) is 37.4 Å². The van der Waals surface area contributed by atoms with Crippen molar-refractivity contribution in [3.05, 3.63) is 65.0 Å². The molecule has 0 atom stereocenters. The van der Waals surface area contributed by atoms with E-state index < -0.39 is 0 Å². The first-order valence-corrected chi connectivity index (χ1v) is 9.26. The van der Waals surface area contributed by atoms with E-state index >= 15 is 0 Å². The van der Waals surface area contributed by atoms with E-state index in [4.69, 9.17) is 16.0 Å². The number of oxazole rings is 1. The maximum Gasteiger partial charge on any atom is 0.234 e. The number of anilines is 1. The molecule has 134 valence electrons. The van der Waals surface area contributed by atoms with E-state index in [9.17, 15) is 9.18 Å². The number of thioether (sulfide) groups is 1. The monoisotopic (exact) mass is 391 g/mol. The number of aryl methyl sites for hydroxylation is 1. The first-order valence-electron chi connectivity index (χ1n) is 7.73. The van der Waals surface area contributed by atoms with Crippen LogP contribution in [-0.2, 0) is 10.5 Å². The molecular weight excluding hydrogens is 377 g/mol. The summed E-state index contributed by atoms with van der Waals surface area (Å²) in [4.78, 5) is 20.3. The zero-order valence-electron chi connectivity index (χ0n) is 13.8. The Morgan fingerprint density at radius 3 is 2.96 bits per heavy atom. The number of carbonyl (C=O) groups is 1. The van der Waals surface area contributed by atoms with Crippen LogP contribution in [0.5, 0.6) is 0 Å². The minimum atomic E-state index is -0.347. The highest BCUT2D eigenvalue weighted by atomic mass is 35.5. The second kappa shape index (κ2) is 8.33. The molecule has 0 unspecified atom stereocenters. The SMILES string of the molecule is Cc1oc(-c2cccc(F)c2)nc1CSCC(=O)Nc1cccnc1Cl. The second-order valence-electron chi connectivity index (χ2n) is 5.41. The molecular formula is C18H15ClFN3O2S. The summed E-state index contributed by atoms with van der Waals surface area (Å²) in [6.07, 6.45) is 1.55. The molecule has 3 aromatic rings. The Bertz CT molecular complexity index is 932. The molecule has 2 heterocycles. The number of benzene rings is 1. The molecule has 5 nitrogen and oxygen atoms in total. The lowest BCUT2D eigenvalue weighted by Gasteiger charge is -2.05. The standard InChI is InChI=1S/C18H15ClFN3O2S/c1-11-15(23-18(25-11)12-4-2-5-13(20)8-12)9-26-10-16(24)22-14-6-3-7-21-17(14)19/h2-8H,9-10H2,1H3,(H,22,24). The van der Waals surface area contributed by atoms with Crippen molar-refractivity contribution in [3.8, 4) is 11.5 Å². The van der Waals surface area contributed by atoms with Gasteiger partial charge in [-0.25, -0.2) is 14.4 Å². The number of nitrogens with one attached hydrogen (secondary N) is 1. The van der Waals surface area contributed by atoms with Crippen molar-refractivity contribution in [1.29, 1.82) is 0 Å². The Morgan fingerprint density at radius 2 is 2.19 bits per heavy atom. The molecule has 26 heavy (non-hydrogen) atoms. The molecule has 2 aromatic heterocycles. The fourth-order valence-electron chi connectivity index (χ4n) is 2.21. The first kappa shape index (κ1) is 18.4. The Morgan fingerprint density at radius 1 is 1.35 bits per heavy atom. The van der Waals surface area contributed by atoms with E-state index in [0.29, 0.717) is 28.7 Å². The molecule has 0 aliphatic heterocycles. The normalized spacial score (nSPS) is 10.7. The summed E-state index contributed by atoms with van der Waals surface area (Å²) in [5.74, 6) is 1.21. The number of rotatable bonds is 6. The lowest BCUT2D eigenvalue weighted by Crippen LogP contribution is -2.14. The van der Waals surface area contributed by atoms with Gasteiger partial charge < -0.3 is 9.73 Å². The van der Waals surface area contributed by atoms with Gasteiger partial charge in [0.2, 0.25) is 11.8 Å². The molecule has 0 saturated carbocycles. The van der Waals surface area contributed by atoms with Crippen molar-refractivity contribution in [2.24, 2.45) is 0 Å². The van der Waals surface area contributed by atoms with Gasteiger partial charge in [-0.3, -0.25) is 4.79 Å². The van der Waals surface area contributed by atoms with Crippen molar-refractivity contribution in [1.82, 2.24) is 9.97 Å². The molecule has 0 saturated heterocycles. The van der Waals surface area contributed by atoms with Gasteiger partial charge in [-0.05, 0) is 37.3 Å². The molecule has 1 amide bonds. The first-order chi connectivity index (χ1) is 12.5. The lowest BCUT2D eigenvalue weighted by atomic mass is 10.2. The molecule has 0 fully saturated rings. The molecule has 3 rings (SSSR count). The summed E-state index contributed by atoms with van der Waals surface area (Å²) in [5, 5.41) is 2.96. The number of nitrogens with zero attached hydrogens (tertiary/aromatic N) is 2. The van der Waals surface area contributed by atoms with Gasteiger partial charge in [-0.1, -0.05) is 17.7 Å². The molecule has 0 bridgehead atoms. The van der Waals surface area contributed by atoms with Crippen LogP contribution in [0.4, 0.5) is 10.1 Å². The average Bonchev–Trinajstić information content (AvgIpc) is 2.98. The van der Waals surface area contributed by atoms with Gasteiger partial charge in [0.25, 0.3) is 0 Å². The third kappa shape index (κ3) is 4.62. The summed E-state index contributed by atoms with van der Waals surface area (Å²) in [6, 6.07) is 9.45. The Kier molecular flexibility index (Phi) is 5.90. The Balaban J connectivity index is 1.57. The van der Waals surface area contributed by atoms with Crippen molar-refractivity contribution < 1.29 is 13.6 Å². The number of hydrogen-bond donors (Lipinski definition) is 1. The van der Waals surface area contributed by atoms with E-state index in [-0.39, 0.29) is 22.6 Å². The van der Waals surface area contributed by atoms with Crippen LogP contribution in [0.2, 0.25) is 5.15 Å². The predicted molar refractivity (Wildman–Crippen MR) is 101 cm³/mol. The largest absolute Gasteiger partial charge is 0.441 e. The summed E-state index contributed by atoms with van der Waals surface area (Å²) >= 11 is 7.30. The van der Waals surface area contributed by atoms with Crippen molar-refractivity contribution in [2.45, 2.75) is 12.7 Å². The topological polar surface area (TPSA) is 68.0 Å². The maximum atomic E-state index is 13.3. The van der Waals surface area contributed by atoms with Crippen LogP contribution in [0, 0.1) is 12.7 Å². The van der Waals surface area contributed by atoms with Crippen LogP contribution in [0.3, 0.4) is 0 Å². The van der Waals surface area contributed by atoms with Crippen molar-refractivity contribution in [3.63, 3.8) is 0 Å². The van der Waals surface area contributed by atoms with Gasteiger partial charge in [-0.2, -0.15) is 0 Å². The van der Waals surface area contributed by atoms with Gasteiger partial charge in [0.1, 0.15) is 11.6 Å². The molecule has 1 N–H and O–H groups in total. The number of aromatic nitrogens is 2. The second-order valence-corrected chi connectivity index (χ2v) is 6.76. The van der Waals surface area contributed by atoms with Gasteiger partial charge in [-0.15, -0.1) is 11.8 Å². The highest BCUT2D eigenvalue weighted by Crippen LogP contribution is 2.25. The molecule has 8 heteroatoms. The van der Waals surface area contributed by atoms with Gasteiger partial charge in [0, 0.05) is 17.5 Å². The van der Waals surface area contributed by atoms with Crippen molar-refractivity contribution >= 4 is 35.0 Å². The fourth-order valence-corrected chi connectivity index (χ4v) is 3.20. The molecule has 0 radical (unpaired) electrons. The van der Waals surface area contributed by atoms with E-state index in [1.165, 1.54) is 23.9 Å². The van der Waals surface area contributed by atoms with Crippen LogP contribution >= 0.6 is 23.4 Å². The van der Waals surface area contributed by atoms with Gasteiger partial charge in [0.05, 0.1) is 17.1 Å². The maximum absolute atomic E-state index is 13.3.